The van der Waals surface area contributed by atoms with Crippen LogP contribution in [-0.4, -0.2) is 27.8 Å². The number of aryl methyl sites for hydroxylation is 1. The Kier molecular flexibility index (Phi) is 4.69. The van der Waals surface area contributed by atoms with Crippen LogP contribution in [0, 0.1) is 18.3 Å². The minimum atomic E-state index is 0.455. The van der Waals surface area contributed by atoms with Gasteiger partial charge in [-0.1, -0.05) is 26.8 Å². The summed E-state index contributed by atoms with van der Waals surface area (Å²) in [5.74, 6) is 0.864. The Bertz CT molecular complexity index is 445. The third kappa shape index (κ3) is 3.72. The van der Waals surface area contributed by atoms with E-state index in [0.717, 1.165) is 24.7 Å². The van der Waals surface area contributed by atoms with Gasteiger partial charge in [0.15, 0.2) is 0 Å². The second-order valence-electron chi connectivity index (χ2n) is 7.17. The standard InChI is InChI=1S/C17H29N3/c1-6-9-20-13-15(14(2)18-20)12-19-10-7-16(8-11-19)17(3,4)5/h6,13,16H,1,7-12H2,2-5H3. The van der Waals surface area contributed by atoms with Gasteiger partial charge >= 0.3 is 0 Å². The second-order valence-corrected chi connectivity index (χ2v) is 7.17. The number of piperidine rings is 1. The number of likely N-dealkylation sites (tertiary alicyclic amines) is 1. The minimum absolute atomic E-state index is 0.455. The lowest BCUT2D eigenvalue weighted by atomic mass is 9.75. The van der Waals surface area contributed by atoms with Crippen molar-refractivity contribution < 1.29 is 0 Å². The van der Waals surface area contributed by atoms with Crippen molar-refractivity contribution in [2.75, 3.05) is 13.1 Å². The Morgan fingerprint density at radius 1 is 1.35 bits per heavy atom. The lowest BCUT2D eigenvalue weighted by Crippen LogP contribution is -2.37. The maximum absolute atomic E-state index is 4.54. The zero-order chi connectivity index (χ0) is 14.8. The summed E-state index contributed by atoms with van der Waals surface area (Å²) in [5.41, 5.74) is 2.97. The maximum Gasteiger partial charge on any atom is 0.0638 e. The van der Waals surface area contributed by atoms with Crippen LogP contribution in [0.25, 0.3) is 0 Å². The van der Waals surface area contributed by atoms with E-state index in [1.54, 1.807) is 0 Å². The molecule has 0 saturated carbocycles. The number of rotatable bonds is 4. The van der Waals surface area contributed by atoms with Crippen molar-refractivity contribution in [3.8, 4) is 0 Å². The van der Waals surface area contributed by atoms with Crippen LogP contribution < -0.4 is 0 Å². The SMILES string of the molecule is C=CCn1cc(CN2CCC(C(C)(C)C)CC2)c(C)n1. The van der Waals surface area contributed by atoms with Crippen molar-refractivity contribution >= 4 is 0 Å². The molecule has 2 rings (SSSR count). The van der Waals surface area contributed by atoms with Crippen LogP contribution in [-0.2, 0) is 13.1 Å². The normalized spacial score (nSPS) is 18.4. The van der Waals surface area contributed by atoms with E-state index in [1.165, 1.54) is 31.5 Å². The van der Waals surface area contributed by atoms with Gasteiger partial charge < -0.3 is 0 Å². The molecule has 0 bridgehead atoms. The van der Waals surface area contributed by atoms with E-state index >= 15 is 0 Å². The van der Waals surface area contributed by atoms with E-state index in [-0.39, 0.29) is 0 Å². The van der Waals surface area contributed by atoms with Crippen LogP contribution in [0.1, 0.15) is 44.9 Å². The van der Waals surface area contributed by atoms with Crippen LogP contribution in [0.4, 0.5) is 0 Å². The number of hydrogen-bond acceptors (Lipinski definition) is 2. The molecule has 0 amide bonds. The zero-order valence-corrected chi connectivity index (χ0v) is 13.5. The molecule has 0 unspecified atom stereocenters. The summed E-state index contributed by atoms with van der Waals surface area (Å²) in [4.78, 5) is 2.57. The highest BCUT2D eigenvalue weighted by Gasteiger charge is 2.28. The smallest absolute Gasteiger partial charge is 0.0638 e. The zero-order valence-electron chi connectivity index (χ0n) is 13.5. The first-order chi connectivity index (χ1) is 9.40. The molecular weight excluding hydrogens is 246 g/mol. The quantitative estimate of drug-likeness (QED) is 0.782. The van der Waals surface area contributed by atoms with Crippen LogP contribution in [0.3, 0.4) is 0 Å². The topological polar surface area (TPSA) is 21.1 Å². The fourth-order valence-corrected chi connectivity index (χ4v) is 3.14. The van der Waals surface area contributed by atoms with E-state index in [4.69, 9.17) is 0 Å². The Labute approximate surface area is 123 Å². The molecule has 3 nitrogen and oxygen atoms in total. The third-order valence-electron chi connectivity index (χ3n) is 4.57. The van der Waals surface area contributed by atoms with Crippen molar-refractivity contribution in [1.82, 2.24) is 14.7 Å². The number of allylic oxidation sites excluding steroid dienone is 1. The van der Waals surface area contributed by atoms with Gasteiger partial charge in [0, 0.05) is 18.3 Å². The first kappa shape index (κ1) is 15.3. The van der Waals surface area contributed by atoms with E-state index in [2.05, 4.69) is 50.5 Å². The summed E-state index contributed by atoms with van der Waals surface area (Å²) in [6.07, 6.45) is 6.71. The summed E-state index contributed by atoms with van der Waals surface area (Å²) >= 11 is 0. The molecule has 1 saturated heterocycles. The number of aromatic nitrogens is 2. The fourth-order valence-electron chi connectivity index (χ4n) is 3.14. The van der Waals surface area contributed by atoms with E-state index < -0.39 is 0 Å². The maximum atomic E-state index is 4.54. The summed E-state index contributed by atoms with van der Waals surface area (Å²) in [5, 5.41) is 4.54. The first-order valence-corrected chi connectivity index (χ1v) is 7.76. The van der Waals surface area contributed by atoms with Gasteiger partial charge in [-0.3, -0.25) is 9.58 Å². The molecule has 1 aliphatic heterocycles. The van der Waals surface area contributed by atoms with E-state index in [9.17, 15) is 0 Å². The van der Waals surface area contributed by atoms with Crippen LogP contribution in [0.2, 0.25) is 0 Å². The molecule has 0 atom stereocenters. The molecule has 0 radical (unpaired) electrons. The van der Waals surface area contributed by atoms with Gasteiger partial charge in [-0.15, -0.1) is 6.58 Å². The molecule has 112 valence electrons. The average Bonchev–Trinajstić information content (AvgIpc) is 2.70. The monoisotopic (exact) mass is 275 g/mol. The van der Waals surface area contributed by atoms with Crippen molar-refractivity contribution in [2.24, 2.45) is 11.3 Å². The highest BCUT2D eigenvalue weighted by atomic mass is 15.3. The molecule has 0 spiro atoms. The van der Waals surface area contributed by atoms with Gasteiger partial charge in [0.05, 0.1) is 12.2 Å². The predicted octanol–water partition coefficient (Wildman–Crippen LogP) is 3.64. The second kappa shape index (κ2) is 6.13. The largest absolute Gasteiger partial charge is 0.299 e. The van der Waals surface area contributed by atoms with E-state index in [0.29, 0.717) is 5.41 Å². The highest BCUT2D eigenvalue weighted by Crippen LogP contribution is 2.34. The highest BCUT2D eigenvalue weighted by molar-refractivity contribution is 5.15. The molecule has 1 aromatic heterocycles. The Hall–Kier alpha value is -1.09. The predicted molar refractivity (Wildman–Crippen MR) is 84.6 cm³/mol. The van der Waals surface area contributed by atoms with Gasteiger partial charge in [-0.2, -0.15) is 5.10 Å². The molecule has 0 N–H and O–H groups in total. The lowest BCUT2D eigenvalue weighted by Gasteiger charge is -2.38. The van der Waals surface area contributed by atoms with Gasteiger partial charge in [0.25, 0.3) is 0 Å². The summed E-state index contributed by atoms with van der Waals surface area (Å²) < 4.78 is 1.99. The molecule has 2 heterocycles. The number of hydrogen-bond donors (Lipinski definition) is 0. The summed E-state index contributed by atoms with van der Waals surface area (Å²) in [7, 11) is 0. The van der Waals surface area contributed by atoms with Gasteiger partial charge in [-0.25, -0.2) is 0 Å². The van der Waals surface area contributed by atoms with Crippen molar-refractivity contribution in [2.45, 2.75) is 53.6 Å². The van der Waals surface area contributed by atoms with Gasteiger partial charge in [0.1, 0.15) is 0 Å². The van der Waals surface area contributed by atoms with Gasteiger partial charge in [-0.05, 0) is 44.2 Å². The molecule has 1 aliphatic rings. The van der Waals surface area contributed by atoms with Gasteiger partial charge in [0.2, 0.25) is 0 Å². The van der Waals surface area contributed by atoms with Crippen molar-refractivity contribution in [3.05, 3.63) is 30.1 Å². The molecular formula is C17H29N3. The first-order valence-electron chi connectivity index (χ1n) is 7.76. The van der Waals surface area contributed by atoms with Crippen LogP contribution in [0.5, 0.6) is 0 Å². The van der Waals surface area contributed by atoms with Crippen LogP contribution in [0.15, 0.2) is 18.9 Å². The number of nitrogens with zero attached hydrogens (tertiary/aromatic N) is 3. The Balaban J connectivity index is 1.91. The minimum Gasteiger partial charge on any atom is -0.299 e. The Morgan fingerprint density at radius 2 is 2.00 bits per heavy atom. The average molecular weight is 275 g/mol. The molecule has 1 aromatic rings. The van der Waals surface area contributed by atoms with Crippen LogP contribution >= 0.6 is 0 Å². The summed E-state index contributed by atoms with van der Waals surface area (Å²) in [6.45, 7) is 17.3. The molecule has 3 heteroatoms. The summed E-state index contributed by atoms with van der Waals surface area (Å²) in [6, 6.07) is 0. The third-order valence-corrected chi connectivity index (χ3v) is 4.57. The van der Waals surface area contributed by atoms with Crippen molar-refractivity contribution in [1.29, 1.82) is 0 Å². The fraction of sp³-hybridized carbons (Fsp3) is 0.706. The lowest BCUT2D eigenvalue weighted by molar-refractivity contribution is 0.108. The van der Waals surface area contributed by atoms with Crippen molar-refractivity contribution in [3.63, 3.8) is 0 Å². The molecule has 0 aliphatic carbocycles. The molecule has 0 aromatic carbocycles. The Morgan fingerprint density at radius 3 is 2.55 bits per heavy atom. The molecule has 1 fully saturated rings. The molecule has 20 heavy (non-hydrogen) atoms. The van der Waals surface area contributed by atoms with E-state index in [1.807, 2.05) is 10.8 Å².